The number of aliphatic hydroxyl groups is 1. The van der Waals surface area contributed by atoms with Crippen LogP contribution in [0.5, 0.6) is 0 Å². The highest BCUT2D eigenvalue weighted by Gasteiger charge is 2.16. The summed E-state index contributed by atoms with van der Waals surface area (Å²) in [5.41, 5.74) is 0.524. The van der Waals surface area contributed by atoms with Crippen molar-refractivity contribution in [1.29, 1.82) is 0 Å². The first kappa shape index (κ1) is 12.2. The van der Waals surface area contributed by atoms with Crippen LogP contribution in [0.25, 0.3) is 11.5 Å². The number of amides is 1. The van der Waals surface area contributed by atoms with Crippen LogP contribution in [-0.2, 0) is 0 Å². The molecular weight excluding hydrogens is 236 g/mol. The molecule has 2 N–H and O–H groups in total. The smallest absolute Gasteiger partial charge is 0.316 e. The number of pyridine rings is 1. The van der Waals surface area contributed by atoms with Crippen LogP contribution in [0.1, 0.15) is 17.6 Å². The zero-order valence-electron chi connectivity index (χ0n) is 9.70. The van der Waals surface area contributed by atoms with Gasteiger partial charge in [-0.25, -0.2) is 0 Å². The third kappa shape index (κ3) is 2.89. The van der Waals surface area contributed by atoms with Gasteiger partial charge in [0.05, 0.1) is 6.10 Å². The average Bonchev–Trinajstić information content (AvgIpc) is 2.86. The molecule has 0 aliphatic heterocycles. The molecule has 2 heterocycles. The Hall–Kier alpha value is -2.28. The lowest BCUT2D eigenvalue weighted by atomic mass is 10.3. The van der Waals surface area contributed by atoms with Crippen molar-refractivity contribution >= 4 is 5.91 Å². The number of nitrogens with one attached hydrogen (secondary N) is 1. The van der Waals surface area contributed by atoms with Crippen LogP contribution in [0, 0.1) is 0 Å². The largest absolute Gasteiger partial charge is 0.392 e. The van der Waals surface area contributed by atoms with Crippen LogP contribution in [0.15, 0.2) is 28.9 Å². The van der Waals surface area contributed by atoms with E-state index in [-0.39, 0.29) is 18.3 Å². The van der Waals surface area contributed by atoms with E-state index < -0.39 is 12.0 Å². The third-order valence-corrected chi connectivity index (χ3v) is 2.07. The predicted molar refractivity (Wildman–Crippen MR) is 61.5 cm³/mol. The SMILES string of the molecule is C[C@@H](O)CNC(=O)c1nc(-c2ccccn2)no1. The Morgan fingerprint density at radius 3 is 3.06 bits per heavy atom. The zero-order chi connectivity index (χ0) is 13.0. The number of hydrogen-bond donors (Lipinski definition) is 2. The highest BCUT2D eigenvalue weighted by atomic mass is 16.5. The molecule has 1 atom stereocenters. The van der Waals surface area contributed by atoms with E-state index in [0.29, 0.717) is 5.69 Å². The van der Waals surface area contributed by atoms with E-state index in [1.807, 2.05) is 0 Å². The monoisotopic (exact) mass is 248 g/mol. The molecule has 1 amide bonds. The van der Waals surface area contributed by atoms with Gasteiger partial charge in [0, 0.05) is 12.7 Å². The van der Waals surface area contributed by atoms with Gasteiger partial charge in [-0.05, 0) is 19.1 Å². The minimum absolute atomic E-state index is 0.125. The molecule has 94 valence electrons. The van der Waals surface area contributed by atoms with Gasteiger partial charge in [-0.1, -0.05) is 11.2 Å². The third-order valence-electron chi connectivity index (χ3n) is 2.07. The van der Waals surface area contributed by atoms with Crippen molar-refractivity contribution in [3.8, 4) is 11.5 Å². The van der Waals surface area contributed by atoms with Gasteiger partial charge in [0.1, 0.15) is 5.69 Å². The van der Waals surface area contributed by atoms with E-state index in [2.05, 4.69) is 20.4 Å². The Labute approximate surface area is 103 Å². The van der Waals surface area contributed by atoms with Crippen molar-refractivity contribution in [2.75, 3.05) is 6.54 Å². The second-order valence-corrected chi connectivity index (χ2v) is 3.70. The molecular formula is C11H12N4O3. The van der Waals surface area contributed by atoms with Gasteiger partial charge >= 0.3 is 11.8 Å². The van der Waals surface area contributed by atoms with Crippen molar-refractivity contribution in [2.45, 2.75) is 13.0 Å². The molecule has 7 heteroatoms. The van der Waals surface area contributed by atoms with Gasteiger partial charge in [0.25, 0.3) is 0 Å². The predicted octanol–water partition coefficient (Wildman–Crippen LogP) is 0.242. The summed E-state index contributed by atoms with van der Waals surface area (Å²) < 4.78 is 4.82. The molecule has 0 unspecified atom stereocenters. The fourth-order valence-electron chi connectivity index (χ4n) is 1.23. The minimum atomic E-state index is -0.632. The summed E-state index contributed by atoms with van der Waals surface area (Å²) in [6, 6.07) is 5.26. The number of carbonyl (C=O) groups excluding carboxylic acids is 1. The Morgan fingerprint density at radius 2 is 2.39 bits per heavy atom. The van der Waals surface area contributed by atoms with E-state index in [1.54, 1.807) is 31.3 Å². The highest BCUT2D eigenvalue weighted by molar-refractivity contribution is 5.89. The summed E-state index contributed by atoms with van der Waals surface area (Å²) >= 11 is 0. The van der Waals surface area contributed by atoms with Crippen LogP contribution < -0.4 is 5.32 Å². The topological polar surface area (TPSA) is 101 Å². The van der Waals surface area contributed by atoms with Gasteiger partial charge in [0.2, 0.25) is 5.82 Å². The number of aliphatic hydroxyl groups excluding tert-OH is 1. The fraction of sp³-hybridized carbons (Fsp3) is 0.273. The molecule has 0 saturated carbocycles. The molecule has 0 fully saturated rings. The van der Waals surface area contributed by atoms with Crippen LogP contribution >= 0.6 is 0 Å². The molecule has 2 rings (SSSR count). The Kier molecular flexibility index (Phi) is 3.63. The molecule has 2 aromatic rings. The van der Waals surface area contributed by atoms with Crippen molar-refractivity contribution in [3.63, 3.8) is 0 Å². The van der Waals surface area contributed by atoms with E-state index >= 15 is 0 Å². The van der Waals surface area contributed by atoms with Crippen LogP contribution in [-0.4, -0.2) is 38.8 Å². The molecule has 0 aromatic carbocycles. The van der Waals surface area contributed by atoms with Gasteiger partial charge in [0.15, 0.2) is 0 Å². The summed E-state index contributed by atoms with van der Waals surface area (Å²) in [5.74, 6) is -0.431. The lowest BCUT2D eigenvalue weighted by molar-refractivity contribution is 0.0880. The van der Waals surface area contributed by atoms with Crippen molar-refractivity contribution < 1.29 is 14.4 Å². The van der Waals surface area contributed by atoms with Gasteiger partial charge in [-0.15, -0.1) is 0 Å². The molecule has 0 aliphatic rings. The summed E-state index contributed by atoms with van der Waals surface area (Å²) in [6.45, 7) is 1.69. The maximum atomic E-state index is 11.6. The van der Waals surface area contributed by atoms with Crippen molar-refractivity contribution in [1.82, 2.24) is 20.4 Å². The molecule has 0 saturated heterocycles. The number of aromatic nitrogens is 3. The van der Waals surface area contributed by atoms with Crippen molar-refractivity contribution in [3.05, 3.63) is 30.3 Å². The van der Waals surface area contributed by atoms with E-state index in [0.717, 1.165) is 0 Å². The van der Waals surface area contributed by atoms with E-state index in [4.69, 9.17) is 9.63 Å². The second kappa shape index (κ2) is 5.37. The first-order valence-corrected chi connectivity index (χ1v) is 5.38. The number of rotatable bonds is 4. The Balaban J connectivity index is 2.09. The van der Waals surface area contributed by atoms with Crippen molar-refractivity contribution in [2.24, 2.45) is 0 Å². The van der Waals surface area contributed by atoms with Gasteiger partial charge < -0.3 is 14.9 Å². The highest BCUT2D eigenvalue weighted by Crippen LogP contribution is 2.11. The Morgan fingerprint density at radius 1 is 1.56 bits per heavy atom. The van der Waals surface area contributed by atoms with Gasteiger partial charge in [-0.3, -0.25) is 9.78 Å². The molecule has 0 aliphatic carbocycles. The molecule has 7 nitrogen and oxygen atoms in total. The van der Waals surface area contributed by atoms with Crippen LogP contribution in [0.4, 0.5) is 0 Å². The van der Waals surface area contributed by atoms with E-state index in [9.17, 15) is 4.79 Å². The lowest BCUT2D eigenvalue weighted by Gasteiger charge is -2.03. The summed E-state index contributed by atoms with van der Waals surface area (Å²) in [4.78, 5) is 19.5. The molecule has 2 aromatic heterocycles. The minimum Gasteiger partial charge on any atom is -0.392 e. The molecule has 0 bridgehead atoms. The first-order chi connectivity index (χ1) is 8.66. The number of carbonyl (C=O) groups is 1. The second-order valence-electron chi connectivity index (χ2n) is 3.70. The maximum absolute atomic E-state index is 11.6. The molecule has 18 heavy (non-hydrogen) atoms. The van der Waals surface area contributed by atoms with Crippen LogP contribution in [0.2, 0.25) is 0 Å². The normalized spacial score (nSPS) is 12.1. The summed E-state index contributed by atoms with van der Waals surface area (Å²) in [6.07, 6.45) is 0.964. The Bertz CT molecular complexity index is 524. The zero-order valence-corrected chi connectivity index (χ0v) is 9.70. The number of nitrogens with zero attached hydrogens (tertiary/aromatic N) is 3. The lowest BCUT2D eigenvalue weighted by Crippen LogP contribution is -2.30. The van der Waals surface area contributed by atoms with Gasteiger partial charge in [-0.2, -0.15) is 4.98 Å². The quantitative estimate of drug-likeness (QED) is 0.803. The number of hydrogen-bond acceptors (Lipinski definition) is 6. The summed E-state index contributed by atoms with van der Waals surface area (Å²) in [7, 11) is 0. The molecule has 0 spiro atoms. The summed E-state index contributed by atoms with van der Waals surface area (Å²) in [5, 5.41) is 15.2. The molecule has 0 radical (unpaired) electrons. The fourth-order valence-corrected chi connectivity index (χ4v) is 1.23. The average molecular weight is 248 g/mol. The first-order valence-electron chi connectivity index (χ1n) is 5.38. The maximum Gasteiger partial charge on any atom is 0.316 e. The van der Waals surface area contributed by atoms with E-state index in [1.165, 1.54) is 0 Å². The standard InChI is InChI=1S/C11H12N4O3/c1-7(16)6-13-10(17)11-14-9(15-18-11)8-4-2-3-5-12-8/h2-5,7,16H,6H2,1H3,(H,13,17)/t7-/m1/s1. The van der Waals surface area contributed by atoms with Crippen LogP contribution in [0.3, 0.4) is 0 Å².